The number of nitrogens with zero attached hydrogens (tertiary/aromatic N) is 3. The van der Waals surface area contributed by atoms with Crippen LogP contribution in [0.2, 0.25) is 0 Å². The van der Waals surface area contributed by atoms with Gasteiger partial charge in [0.05, 0.1) is 17.6 Å². The van der Waals surface area contributed by atoms with Gasteiger partial charge < -0.3 is 4.57 Å². The molecule has 272 valence electrons. The molecule has 0 atom stereocenters. The Labute approximate surface area is 340 Å². The van der Waals surface area contributed by atoms with Crippen molar-refractivity contribution in [3.8, 4) is 50.2 Å². The average molecular weight is 748 g/mol. The van der Waals surface area contributed by atoms with E-state index in [0.29, 0.717) is 5.69 Å². The third-order valence-electron chi connectivity index (χ3n) is 12.2. The molecule has 0 saturated carbocycles. The molecule has 0 aliphatic carbocycles. The molecule has 0 bridgehead atoms. The van der Waals surface area contributed by atoms with E-state index < -0.39 is 0 Å². The maximum absolute atomic E-state index is 8.19. The minimum absolute atomic E-state index is 0.660. The lowest BCUT2D eigenvalue weighted by Gasteiger charge is -2.20. The SMILES string of the molecule is [C-]#[N+]c1ccc2c3c1ccc1c(-c4c5ccccc5c(-c5cccc6ccccc56)c5ccccc45)ccc(c13)n2-c1cc(-c2ccccc2)cc(-c2cccnc2)c1. The highest BCUT2D eigenvalue weighted by Gasteiger charge is 2.24. The van der Waals surface area contributed by atoms with Gasteiger partial charge in [-0.25, -0.2) is 4.85 Å². The van der Waals surface area contributed by atoms with Crippen molar-refractivity contribution in [1.82, 2.24) is 9.55 Å². The van der Waals surface area contributed by atoms with Gasteiger partial charge in [-0.2, -0.15) is 0 Å². The zero-order chi connectivity index (χ0) is 39.0. The fourth-order valence-corrected chi connectivity index (χ4v) is 9.73. The van der Waals surface area contributed by atoms with Crippen LogP contribution in [-0.2, 0) is 0 Å². The van der Waals surface area contributed by atoms with Crippen LogP contribution in [0, 0.1) is 6.57 Å². The fraction of sp³-hybridized carbons (Fsp3) is 0. The molecule has 0 amide bonds. The van der Waals surface area contributed by atoms with E-state index in [1.807, 2.05) is 24.5 Å². The first-order valence-electron chi connectivity index (χ1n) is 20.0. The summed E-state index contributed by atoms with van der Waals surface area (Å²) in [5.41, 5.74) is 13.2. The molecule has 0 aliphatic heterocycles. The van der Waals surface area contributed by atoms with Crippen LogP contribution in [0.15, 0.2) is 200 Å². The van der Waals surface area contributed by atoms with Crippen LogP contribution in [0.4, 0.5) is 5.69 Å². The van der Waals surface area contributed by atoms with Crippen molar-refractivity contribution in [3.63, 3.8) is 0 Å². The van der Waals surface area contributed by atoms with Crippen molar-refractivity contribution < 1.29 is 0 Å². The lowest BCUT2D eigenvalue weighted by Crippen LogP contribution is -1.96. The van der Waals surface area contributed by atoms with Crippen LogP contribution in [0.1, 0.15) is 0 Å². The number of fused-ring (bicyclic) bond motifs is 3. The molecule has 0 radical (unpaired) electrons. The van der Waals surface area contributed by atoms with Gasteiger partial charge in [-0.05, 0) is 118 Å². The van der Waals surface area contributed by atoms with Gasteiger partial charge in [-0.1, -0.05) is 152 Å². The molecule has 59 heavy (non-hydrogen) atoms. The number of aromatic nitrogens is 2. The third kappa shape index (κ3) is 4.97. The van der Waals surface area contributed by atoms with Gasteiger partial charge in [-0.3, -0.25) is 4.98 Å². The van der Waals surface area contributed by atoms with Crippen molar-refractivity contribution in [3.05, 3.63) is 212 Å². The lowest BCUT2D eigenvalue weighted by atomic mass is 9.83. The fourth-order valence-electron chi connectivity index (χ4n) is 9.73. The second kappa shape index (κ2) is 13.0. The summed E-state index contributed by atoms with van der Waals surface area (Å²) in [6.45, 7) is 8.19. The topological polar surface area (TPSA) is 22.2 Å². The molecule has 3 nitrogen and oxygen atoms in total. The zero-order valence-corrected chi connectivity index (χ0v) is 31.9. The quantitative estimate of drug-likeness (QED) is 0.0976. The molecule has 3 heteroatoms. The summed E-state index contributed by atoms with van der Waals surface area (Å²) in [6.07, 6.45) is 3.75. The normalized spacial score (nSPS) is 11.7. The lowest BCUT2D eigenvalue weighted by molar-refractivity contribution is 1.18. The number of benzene rings is 10. The predicted molar refractivity (Wildman–Crippen MR) is 248 cm³/mol. The van der Waals surface area contributed by atoms with E-state index in [4.69, 9.17) is 6.57 Å². The molecule has 0 unspecified atom stereocenters. The van der Waals surface area contributed by atoms with Gasteiger partial charge in [0.1, 0.15) is 0 Å². The molecular weight excluding hydrogens is 715 g/mol. The molecule has 2 heterocycles. The summed E-state index contributed by atoms with van der Waals surface area (Å²) in [5.74, 6) is 0. The second-order valence-corrected chi connectivity index (χ2v) is 15.3. The molecule has 10 aromatic carbocycles. The molecule has 0 fully saturated rings. The Bertz CT molecular complexity index is 3550. The van der Waals surface area contributed by atoms with E-state index in [9.17, 15) is 0 Å². The van der Waals surface area contributed by atoms with Crippen LogP contribution in [-0.4, -0.2) is 9.55 Å². The van der Waals surface area contributed by atoms with E-state index >= 15 is 0 Å². The molecule has 2 aromatic heterocycles. The van der Waals surface area contributed by atoms with Crippen LogP contribution >= 0.6 is 0 Å². The summed E-state index contributed by atoms with van der Waals surface area (Å²) in [5, 5.41) is 11.8. The minimum atomic E-state index is 0.660. The van der Waals surface area contributed by atoms with Gasteiger partial charge in [0.25, 0.3) is 0 Å². The summed E-state index contributed by atoms with van der Waals surface area (Å²) < 4.78 is 2.40. The highest BCUT2D eigenvalue weighted by atomic mass is 15.0. The van der Waals surface area contributed by atoms with Crippen molar-refractivity contribution >= 4 is 70.6 Å². The van der Waals surface area contributed by atoms with Gasteiger partial charge in [0, 0.05) is 34.4 Å². The highest BCUT2D eigenvalue weighted by molar-refractivity contribution is 6.31. The molecule has 0 spiro atoms. The average Bonchev–Trinajstić information content (AvgIpc) is 3.65. The Kier molecular flexibility index (Phi) is 7.29. The molecule has 0 aliphatic rings. The van der Waals surface area contributed by atoms with E-state index in [0.717, 1.165) is 49.7 Å². The first-order chi connectivity index (χ1) is 29.2. The third-order valence-corrected chi connectivity index (χ3v) is 12.2. The number of hydrogen-bond acceptors (Lipinski definition) is 1. The maximum atomic E-state index is 8.19. The number of rotatable bonds is 5. The van der Waals surface area contributed by atoms with E-state index in [1.165, 1.54) is 65.3 Å². The molecule has 0 N–H and O–H groups in total. The summed E-state index contributed by atoms with van der Waals surface area (Å²) >= 11 is 0. The maximum Gasteiger partial charge on any atom is 0.195 e. The molecular formula is C56H33N3. The van der Waals surface area contributed by atoms with Crippen molar-refractivity contribution in [2.24, 2.45) is 0 Å². The molecule has 12 rings (SSSR count). The van der Waals surface area contributed by atoms with Crippen LogP contribution in [0.25, 0.3) is 120 Å². The van der Waals surface area contributed by atoms with Crippen molar-refractivity contribution in [1.29, 1.82) is 0 Å². The van der Waals surface area contributed by atoms with Crippen LogP contribution < -0.4 is 0 Å². The zero-order valence-electron chi connectivity index (χ0n) is 31.9. The summed E-state index contributed by atoms with van der Waals surface area (Å²) in [6, 6.07) is 67.8. The van der Waals surface area contributed by atoms with E-state index in [2.05, 4.69) is 190 Å². The molecule has 12 aromatic rings. The van der Waals surface area contributed by atoms with Gasteiger partial charge in [-0.15, -0.1) is 0 Å². The van der Waals surface area contributed by atoms with E-state index in [-0.39, 0.29) is 0 Å². The Morgan fingerprint density at radius 2 is 0.966 bits per heavy atom. The first kappa shape index (κ1) is 33.1. The second-order valence-electron chi connectivity index (χ2n) is 15.3. The van der Waals surface area contributed by atoms with Gasteiger partial charge in [0.15, 0.2) is 5.69 Å². The summed E-state index contributed by atoms with van der Waals surface area (Å²) in [7, 11) is 0. The van der Waals surface area contributed by atoms with Gasteiger partial charge >= 0.3 is 0 Å². The Morgan fingerprint density at radius 1 is 0.407 bits per heavy atom. The molecule has 0 saturated heterocycles. The van der Waals surface area contributed by atoms with Crippen molar-refractivity contribution in [2.45, 2.75) is 0 Å². The standard InChI is InChI=1S/C56H33N3/c1-57-50-27-29-52-56-49(50)25-24-48-47(26-28-51(55(48)56)59(52)40-32-38(35-13-3-2-4-14-35)31-39(33-40)37-17-12-30-58-34-37)54-45-21-9-7-19-43(45)53(44-20-8-10-22-46(44)54)42-23-11-16-36-15-5-6-18-41(36)42/h2-34H. The monoisotopic (exact) mass is 747 g/mol. The largest absolute Gasteiger partial charge is 0.309 e. The number of hydrogen-bond donors (Lipinski definition) is 0. The predicted octanol–water partition coefficient (Wildman–Crippen LogP) is 15.4. The summed E-state index contributed by atoms with van der Waals surface area (Å²) in [4.78, 5) is 8.50. The smallest absolute Gasteiger partial charge is 0.195 e. The Balaban J connectivity index is 1.18. The first-order valence-corrected chi connectivity index (χ1v) is 20.0. The Hall–Kier alpha value is -8.06. The van der Waals surface area contributed by atoms with Crippen LogP contribution in [0.3, 0.4) is 0 Å². The van der Waals surface area contributed by atoms with Gasteiger partial charge in [0.2, 0.25) is 0 Å². The Morgan fingerprint density at radius 3 is 1.64 bits per heavy atom. The van der Waals surface area contributed by atoms with Crippen LogP contribution in [0.5, 0.6) is 0 Å². The van der Waals surface area contributed by atoms with Crippen molar-refractivity contribution in [2.75, 3.05) is 0 Å². The highest BCUT2D eigenvalue weighted by Crippen LogP contribution is 2.50. The van der Waals surface area contributed by atoms with E-state index in [1.54, 1.807) is 0 Å². The minimum Gasteiger partial charge on any atom is -0.309 e. The number of pyridine rings is 1.